The highest BCUT2D eigenvalue weighted by molar-refractivity contribution is 5.83. The molecule has 6 nitrogen and oxygen atoms in total. The Labute approximate surface area is 105 Å². The molecule has 0 aliphatic heterocycles. The molecule has 0 radical (unpaired) electrons. The SMILES string of the molecule is NC(=O)C(CCCc1ccccc1)N(N)C(=O)O. The average Bonchev–Trinajstić information content (AvgIpc) is 2.34. The van der Waals surface area contributed by atoms with Gasteiger partial charge in [0, 0.05) is 0 Å². The molecule has 1 rings (SSSR count). The average molecular weight is 251 g/mol. The van der Waals surface area contributed by atoms with Gasteiger partial charge in [-0.2, -0.15) is 0 Å². The molecule has 1 unspecified atom stereocenters. The fourth-order valence-corrected chi connectivity index (χ4v) is 1.70. The molecule has 0 saturated carbocycles. The van der Waals surface area contributed by atoms with Gasteiger partial charge in [-0.1, -0.05) is 30.3 Å². The van der Waals surface area contributed by atoms with E-state index < -0.39 is 18.0 Å². The summed E-state index contributed by atoms with van der Waals surface area (Å²) < 4.78 is 0. The number of benzene rings is 1. The van der Waals surface area contributed by atoms with Gasteiger partial charge < -0.3 is 10.8 Å². The molecule has 1 aromatic carbocycles. The molecule has 0 spiro atoms. The van der Waals surface area contributed by atoms with Gasteiger partial charge in [-0.15, -0.1) is 0 Å². The largest absolute Gasteiger partial charge is 0.464 e. The summed E-state index contributed by atoms with van der Waals surface area (Å²) in [5.74, 6) is 4.55. The Hall–Kier alpha value is -2.08. The van der Waals surface area contributed by atoms with E-state index in [0.717, 1.165) is 12.0 Å². The first-order valence-electron chi connectivity index (χ1n) is 5.62. The second-order valence-electron chi connectivity index (χ2n) is 3.99. The second kappa shape index (κ2) is 6.61. The van der Waals surface area contributed by atoms with Crippen LogP contribution in [-0.2, 0) is 11.2 Å². The molecule has 18 heavy (non-hydrogen) atoms. The number of carboxylic acid groups (broad SMARTS) is 1. The minimum atomic E-state index is -1.36. The summed E-state index contributed by atoms with van der Waals surface area (Å²) in [5, 5.41) is 9.18. The van der Waals surface area contributed by atoms with Crippen molar-refractivity contribution in [2.45, 2.75) is 25.3 Å². The summed E-state index contributed by atoms with van der Waals surface area (Å²) in [6, 6.07) is 8.72. The third kappa shape index (κ3) is 4.06. The van der Waals surface area contributed by atoms with Crippen molar-refractivity contribution in [3.63, 3.8) is 0 Å². The molecule has 2 amide bonds. The van der Waals surface area contributed by atoms with Crippen LogP contribution < -0.4 is 11.6 Å². The van der Waals surface area contributed by atoms with E-state index in [4.69, 9.17) is 16.7 Å². The second-order valence-corrected chi connectivity index (χ2v) is 3.99. The zero-order chi connectivity index (χ0) is 13.5. The number of nitrogens with two attached hydrogens (primary N) is 2. The monoisotopic (exact) mass is 251 g/mol. The van der Waals surface area contributed by atoms with Gasteiger partial charge in [0.1, 0.15) is 6.04 Å². The third-order valence-corrected chi connectivity index (χ3v) is 2.67. The van der Waals surface area contributed by atoms with Crippen LogP contribution in [0.5, 0.6) is 0 Å². The number of aryl methyl sites for hydroxylation is 1. The molecule has 0 fully saturated rings. The van der Waals surface area contributed by atoms with Crippen LogP contribution in [0.15, 0.2) is 30.3 Å². The van der Waals surface area contributed by atoms with Crippen molar-refractivity contribution < 1.29 is 14.7 Å². The van der Waals surface area contributed by atoms with Crippen molar-refractivity contribution >= 4 is 12.0 Å². The molecule has 0 aliphatic carbocycles. The van der Waals surface area contributed by atoms with Crippen LogP contribution in [0.3, 0.4) is 0 Å². The first kappa shape index (κ1) is 14.0. The predicted molar refractivity (Wildman–Crippen MR) is 66.4 cm³/mol. The van der Waals surface area contributed by atoms with Gasteiger partial charge in [0.2, 0.25) is 5.91 Å². The highest BCUT2D eigenvalue weighted by Crippen LogP contribution is 2.09. The van der Waals surface area contributed by atoms with E-state index in [1.807, 2.05) is 30.3 Å². The lowest BCUT2D eigenvalue weighted by molar-refractivity contribution is -0.123. The number of primary amides is 1. The third-order valence-electron chi connectivity index (χ3n) is 2.67. The smallest absolute Gasteiger partial charge is 0.422 e. The highest BCUT2D eigenvalue weighted by atomic mass is 16.4. The fraction of sp³-hybridized carbons (Fsp3) is 0.333. The van der Waals surface area contributed by atoms with Crippen LogP contribution in [0, 0.1) is 0 Å². The summed E-state index contributed by atoms with van der Waals surface area (Å²) in [7, 11) is 0. The Morgan fingerprint density at radius 3 is 2.39 bits per heavy atom. The predicted octanol–water partition coefficient (Wildman–Crippen LogP) is 0.717. The molecular weight excluding hydrogens is 234 g/mol. The van der Waals surface area contributed by atoms with Crippen molar-refractivity contribution in [3.05, 3.63) is 35.9 Å². The van der Waals surface area contributed by atoms with E-state index in [0.29, 0.717) is 17.9 Å². The van der Waals surface area contributed by atoms with Crippen molar-refractivity contribution in [2.75, 3.05) is 0 Å². The van der Waals surface area contributed by atoms with E-state index in [-0.39, 0.29) is 0 Å². The standard InChI is InChI=1S/C12H17N3O3/c13-11(16)10(15(14)12(17)18)8-4-7-9-5-2-1-3-6-9/h1-3,5-6,10H,4,7-8,14H2,(H2,13,16)(H,17,18). The van der Waals surface area contributed by atoms with Crippen LogP contribution in [0.2, 0.25) is 0 Å². The minimum Gasteiger partial charge on any atom is -0.464 e. The highest BCUT2D eigenvalue weighted by Gasteiger charge is 2.24. The maximum Gasteiger partial charge on any atom is 0.422 e. The van der Waals surface area contributed by atoms with Gasteiger partial charge in [0.05, 0.1) is 0 Å². The van der Waals surface area contributed by atoms with Gasteiger partial charge in [-0.3, -0.25) is 4.79 Å². The summed E-state index contributed by atoms with van der Waals surface area (Å²) in [6.07, 6.45) is 0.336. The van der Waals surface area contributed by atoms with Crippen molar-refractivity contribution in [3.8, 4) is 0 Å². The number of carbonyl (C=O) groups excluding carboxylic acids is 1. The van der Waals surface area contributed by atoms with Crippen LogP contribution >= 0.6 is 0 Å². The van der Waals surface area contributed by atoms with E-state index in [1.54, 1.807) is 0 Å². The molecular formula is C12H17N3O3. The number of nitrogens with zero attached hydrogens (tertiary/aromatic N) is 1. The number of amides is 2. The van der Waals surface area contributed by atoms with Gasteiger partial charge >= 0.3 is 6.09 Å². The van der Waals surface area contributed by atoms with Crippen molar-refractivity contribution in [1.82, 2.24) is 5.01 Å². The molecule has 0 heterocycles. The summed E-state index contributed by atoms with van der Waals surface area (Å²) in [4.78, 5) is 21.8. The first-order valence-corrected chi connectivity index (χ1v) is 5.62. The molecule has 5 N–H and O–H groups in total. The van der Waals surface area contributed by atoms with Crippen molar-refractivity contribution in [1.29, 1.82) is 0 Å². The Bertz CT molecular complexity index is 408. The lowest BCUT2D eigenvalue weighted by Gasteiger charge is -2.21. The minimum absolute atomic E-state index is 0.313. The molecule has 98 valence electrons. The Morgan fingerprint density at radius 2 is 1.89 bits per heavy atom. The topological polar surface area (TPSA) is 110 Å². The molecule has 0 aromatic heterocycles. The van der Waals surface area contributed by atoms with Gasteiger partial charge in [-0.25, -0.2) is 15.6 Å². The molecule has 0 aliphatic rings. The molecule has 1 aromatic rings. The van der Waals surface area contributed by atoms with Gasteiger partial charge in [0.25, 0.3) is 0 Å². The Morgan fingerprint density at radius 1 is 1.28 bits per heavy atom. The van der Waals surface area contributed by atoms with Crippen LogP contribution in [-0.4, -0.2) is 28.2 Å². The lowest BCUT2D eigenvalue weighted by atomic mass is 10.0. The zero-order valence-electron chi connectivity index (χ0n) is 9.95. The van der Waals surface area contributed by atoms with Gasteiger partial charge in [-0.05, 0) is 24.8 Å². The van der Waals surface area contributed by atoms with Gasteiger partial charge in [0.15, 0.2) is 0 Å². The number of hydrazine groups is 1. The number of hydrogen-bond donors (Lipinski definition) is 3. The Balaban J connectivity index is 2.48. The number of rotatable bonds is 6. The number of carbonyl (C=O) groups is 2. The summed E-state index contributed by atoms with van der Waals surface area (Å²) >= 11 is 0. The molecule has 0 saturated heterocycles. The van der Waals surface area contributed by atoms with E-state index in [9.17, 15) is 9.59 Å². The molecule has 1 atom stereocenters. The normalized spacial score (nSPS) is 11.8. The molecule has 6 heteroatoms. The first-order chi connectivity index (χ1) is 8.52. The van der Waals surface area contributed by atoms with E-state index in [1.165, 1.54) is 0 Å². The van der Waals surface area contributed by atoms with Crippen LogP contribution in [0.4, 0.5) is 4.79 Å². The maximum absolute atomic E-state index is 11.1. The van der Waals surface area contributed by atoms with Crippen LogP contribution in [0.1, 0.15) is 18.4 Å². The maximum atomic E-state index is 11.1. The quantitative estimate of drug-likeness (QED) is 0.393. The summed E-state index contributed by atoms with van der Waals surface area (Å²) in [6.45, 7) is 0. The lowest BCUT2D eigenvalue weighted by Crippen LogP contribution is -2.51. The fourth-order valence-electron chi connectivity index (χ4n) is 1.70. The van der Waals surface area contributed by atoms with Crippen LogP contribution in [0.25, 0.3) is 0 Å². The van der Waals surface area contributed by atoms with Crippen molar-refractivity contribution in [2.24, 2.45) is 11.6 Å². The summed E-state index contributed by atoms with van der Waals surface area (Å²) in [5.41, 5.74) is 6.26. The number of hydrogen-bond acceptors (Lipinski definition) is 3. The molecule has 0 bridgehead atoms. The Kier molecular flexibility index (Phi) is 5.13. The zero-order valence-corrected chi connectivity index (χ0v) is 9.95. The van der Waals surface area contributed by atoms with E-state index in [2.05, 4.69) is 0 Å². The van der Waals surface area contributed by atoms with E-state index >= 15 is 0 Å².